The van der Waals surface area contributed by atoms with Crippen LogP contribution in [0.2, 0.25) is 5.02 Å². The fraction of sp³-hybridized carbons (Fsp3) is 0.333. The van der Waals surface area contributed by atoms with E-state index >= 15 is 0 Å². The molecule has 0 unspecified atom stereocenters. The lowest BCUT2D eigenvalue weighted by atomic mass is 9.78. The van der Waals surface area contributed by atoms with Crippen molar-refractivity contribution in [2.75, 3.05) is 0 Å². The monoisotopic (exact) mass is 428 g/mol. The summed E-state index contributed by atoms with van der Waals surface area (Å²) in [5, 5.41) is 0.775. The van der Waals surface area contributed by atoms with E-state index in [-0.39, 0.29) is 0 Å². The van der Waals surface area contributed by atoms with Crippen LogP contribution in [0.4, 0.5) is 0 Å². The molecule has 0 nitrogen and oxygen atoms in total. The molecule has 1 fully saturated rings. The minimum absolute atomic E-state index is 0.775. The fourth-order valence-corrected chi connectivity index (χ4v) is 5.02. The Bertz CT molecular complexity index is 943. The topological polar surface area (TPSA) is 0 Å². The van der Waals surface area contributed by atoms with Crippen LogP contribution in [0, 0.1) is 11.8 Å². The van der Waals surface area contributed by atoms with Crippen LogP contribution in [-0.4, -0.2) is 0 Å². The predicted molar refractivity (Wildman–Crippen MR) is 136 cm³/mol. The average molecular weight is 429 g/mol. The first kappa shape index (κ1) is 21.9. The van der Waals surface area contributed by atoms with Gasteiger partial charge in [0.05, 0.1) is 0 Å². The summed E-state index contributed by atoms with van der Waals surface area (Å²) in [6.07, 6.45) is 12.8. The molecule has 0 heterocycles. The molecule has 0 amide bonds. The molecule has 0 atom stereocenters. The molecule has 0 bridgehead atoms. The van der Waals surface area contributed by atoms with Crippen molar-refractivity contribution in [2.45, 2.75) is 51.4 Å². The maximum atomic E-state index is 6.00. The molecule has 31 heavy (non-hydrogen) atoms. The molecule has 0 N–H and O–H groups in total. The summed E-state index contributed by atoms with van der Waals surface area (Å²) in [5.41, 5.74) is 6.43. The van der Waals surface area contributed by atoms with E-state index in [1.165, 1.54) is 79.2 Å². The van der Waals surface area contributed by atoms with Crippen molar-refractivity contribution in [3.05, 3.63) is 96.0 Å². The van der Waals surface area contributed by atoms with Gasteiger partial charge < -0.3 is 0 Å². The van der Waals surface area contributed by atoms with Gasteiger partial charge in [-0.2, -0.15) is 0 Å². The third-order valence-corrected chi connectivity index (χ3v) is 7.19. The summed E-state index contributed by atoms with van der Waals surface area (Å²) in [5.74, 6) is 1.86. The first-order valence-electron chi connectivity index (χ1n) is 11.8. The Kier molecular flexibility index (Phi) is 7.65. The molecule has 1 aliphatic rings. The number of hydrogen-bond acceptors (Lipinski definition) is 0. The molecule has 0 radical (unpaired) electrons. The van der Waals surface area contributed by atoms with Gasteiger partial charge in [0, 0.05) is 5.02 Å². The molecule has 1 saturated carbocycles. The zero-order valence-corrected chi connectivity index (χ0v) is 19.2. The van der Waals surface area contributed by atoms with Gasteiger partial charge in [0.15, 0.2) is 0 Å². The van der Waals surface area contributed by atoms with Crippen molar-refractivity contribution in [3.63, 3.8) is 0 Å². The standard InChI is InChI=1S/C30H33Cl/c1-2-3-4-23-5-7-24(8-6-23)9-10-25-11-13-26(14-12-25)27-15-17-28(18-16-27)29-19-21-30(31)22-20-29/h2,11-24H,1,3-10H2/t23-,24-. The lowest BCUT2D eigenvalue weighted by molar-refractivity contribution is 0.254. The Morgan fingerprint density at radius 1 is 0.645 bits per heavy atom. The third kappa shape index (κ3) is 6.11. The second-order valence-electron chi connectivity index (χ2n) is 9.07. The molecule has 3 aromatic carbocycles. The number of hydrogen-bond donors (Lipinski definition) is 0. The number of halogens is 1. The molecular weight excluding hydrogens is 396 g/mol. The van der Waals surface area contributed by atoms with Gasteiger partial charge >= 0.3 is 0 Å². The van der Waals surface area contributed by atoms with Crippen LogP contribution in [0.15, 0.2) is 85.5 Å². The summed E-state index contributed by atoms with van der Waals surface area (Å²) in [6, 6.07) is 26.0. The Morgan fingerprint density at radius 3 is 1.55 bits per heavy atom. The normalized spacial score (nSPS) is 18.6. The highest BCUT2D eigenvalue weighted by atomic mass is 35.5. The summed E-state index contributed by atoms with van der Waals surface area (Å²) in [7, 11) is 0. The second kappa shape index (κ2) is 10.8. The van der Waals surface area contributed by atoms with Crippen LogP contribution in [0.3, 0.4) is 0 Å². The molecule has 0 aliphatic heterocycles. The van der Waals surface area contributed by atoms with Crippen LogP contribution in [0.1, 0.15) is 50.5 Å². The largest absolute Gasteiger partial charge is 0.103 e. The minimum atomic E-state index is 0.775. The molecule has 0 saturated heterocycles. The fourth-order valence-electron chi connectivity index (χ4n) is 4.89. The maximum Gasteiger partial charge on any atom is 0.0406 e. The quantitative estimate of drug-likeness (QED) is 0.313. The number of aryl methyl sites for hydroxylation is 1. The van der Waals surface area contributed by atoms with Crippen LogP contribution in [0.25, 0.3) is 22.3 Å². The smallest absolute Gasteiger partial charge is 0.0406 e. The van der Waals surface area contributed by atoms with Crippen molar-refractivity contribution in [1.29, 1.82) is 0 Å². The van der Waals surface area contributed by atoms with Crippen LogP contribution >= 0.6 is 11.6 Å². The van der Waals surface area contributed by atoms with Crippen LogP contribution < -0.4 is 0 Å². The van der Waals surface area contributed by atoms with Crippen molar-refractivity contribution < 1.29 is 0 Å². The van der Waals surface area contributed by atoms with Gasteiger partial charge in [-0.3, -0.25) is 0 Å². The van der Waals surface area contributed by atoms with E-state index in [9.17, 15) is 0 Å². The van der Waals surface area contributed by atoms with E-state index in [0.29, 0.717) is 0 Å². The number of allylic oxidation sites excluding steroid dienone is 1. The van der Waals surface area contributed by atoms with E-state index in [0.717, 1.165) is 16.9 Å². The van der Waals surface area contributed by atoms with Crippen LogP contribution in [-0.2, 0) is 6.42 Å². The molecule has 3 aromatic rings. The lowest BCUT2D eigenvalue weighted by Gasteiger charge is -2.28. The van der Waals surface area contributed by atoms with Gasteiger partial charge in [0.25, 0.3) is 0 Å². The molecule has 1 aliphatic carbocycles. The van der Waals surface area contributed by atoms with Gasteiger partial charge in [-0.05, 0) is 77.5 Å². The summed E-state index contributed by atoms with van der Waals surface area (Å²) in [4.78, 5) is 0. The van der Waals surface area contributed by atoms with Crippen molar-refractivity contribution in [1.82, 2.24) is 0 Å². The van der Waals surface area contributed by atoms with Gasteiger partial charge in [-0.25, -0.2) is 0 Å². The van der Waals surface area contributed by atoms with E-state index in [1.54, 1.807) is 0 Å². The molecule has 4 rings (SSSR count). The third-order valence-electron chi connectivity index (χ3n) is 6.94. The first-order valence-corrected chi connectivity index (χ1v) is 12.2. The Labute approximate surface area is 193 Å². The Hall–Kier alpha value is -2.31. The van der Waals surface area contributed by atoms with Gasteiger partial charge in [0.1, 0.15) is 0 Å². The summed E-state index contributed by atoms with van der Waals surface area (Å²) in [6.45, 7) is 3.86. The first-order chi connectivity index (χ1) is 15.2. The van der Waals surface area contributed by atoms with Gasteiger partial charge in [0.2, 0.25) is 0 Å². The minimum Gasteiger partial charge on any atom is -0.103 e. The van der Waals surface area contributed by atoms with E-state index in [1.807, 2.05) is 12.1 Å². The highest BCUT2D eigenvalue weighted by molar-refractivity contribution is 6.30. The predicted octanol–water partition coefficient (Wildman–Crippen LogP) is 9.38. The second-order valence-corrected chi connectivity index (χ2v) is 9.51. The molecule has 0 aromatic heterocycles. The Morgan fingerprint density at radius 2 is 1.06 bits per heavy atom. The molecule has 160 valence electrons. The van der Waals surface area contributed by atoms with Crippen molar-refractivity contribution in [3.8, 4) is 22.3 Å². The van der Waals surface area contributed by atoms with Gasteiger partial charge in [-0.15, -0.1) is 6.58 Å². The summed E-state index contributed by atoms with van der Waals surface area (Å²) >= 11 is 6.00. The van der Waals surface area contributed by atoms with Crippen molar-refractivity contribution in [2.24, 2.45) is 11.8 Å². The average Bonchev–Trinajstić information content (AvgIpc) is 2.83. The number of rotatable bonds is 8. The zero-order chi connectivity index (χ0) is 21.5. The van der Waals surface area contributed by atoms with E-state index in [4.69, 9.17) is 11.6 Å². The SMILES string of the molecule is C=CCC[C@H]1CC[C@H](CCc2ccc(-c3ccc(-c4ccc(Cl)cc4)cc3)cc2)CC1. The molecule has 0 spiro atoms. The maximum absolute atomic E-state index is 6.00. The number of benzene rings is 3. The van der Waals surface area contributed by atoms with Crippen LogP contribution in [0.5, 0.6) is 0 Å². The van der Waals surface area contributed by atoms with Crippen molar-refractivity contribution >= 4 is 11.6 Å². The Balaban J connectivity index is 1.29. The zero-order valence-electron chi connectivity index (χ0n) is 18.4. The van der Waals surface area contributed by atoms with Gasteiger partial charge in [-0.1, -0.05) is 104 Å². The molecule has 1 heteroatoms. The lowest BCUT2D eigenvalue weighted by Crippen LogP contribution is -2.15. The van der Waals surface area contributed by atoms with E-state index in [2.05, 4.69) is 73.3 Å². The summed E-state index contributed by atoms with van der Waals surface area (Å²) < 4.78 is 0. The molecular formula is C30H33Cl. The highest BCUT2D eigenvalue weighted by Gasteiger charge is 2.20. The highest BCUT2D eigenvalue weighted by Crippen LogP contribution is 2.34. The van der Waals surface area contributed by atoms with E-state index < -0.39 is 0 Å².